The number of hydrogen-bond donors (Lipinski definition) is 3. The van der Waals surface area contributed by atoms with Crippen LogP contribution in [0.15, 0.2) is 0 Å². The van der Waals surface area contributed by atoms with Crippen molar-refractivity contribution in [1.29, 1.82) is 0 Å². The molecule has 1 fully saturated rings. The standard InChI is InChI=1S/C13H19N3O3S/c1-3-6-15-12-8(13(18)19-2)9(14)10(20-12)11(17)16-7-4-5-7/h7,15H,3-6,14H2,1-2H3,(H,16,17). The number of nitrogens with one attached hydrogen (secondary N) is 2. The molecule has 7 heteroatoms. The Morgan fingerprint density at radius 1 is 1.45 bits per heavy atom. The summed E-state index contributed by atoms with van der Waals surface area (Å²) >= 11 is 1.20. The van der Waals surface area contributed by atoms with Gasteiger partial charge in [-0.3, -0.25) is 4.79 Å². The highest BCUT2D eigenvalue weighted by Gasteiger charge is 2.29. The molecule has 0 spiro atoms. The van der Waals surface area contributed by atoms with Gasteiger partial charge in [-0.05, 0) is 19.3 Å². The van der Waals surface area contributed by atoms with E-state index in [0.717, 1.165) is 19.3 Å². The molecule has 110 valence electrons. The molecule has 4 N–H and O–H groups in total. The van der Waals surface area contributed by atoms with E-state index in [0.29, 0.717) is 16.4 Å². The van der Waals surface area contributed by atoms with Crippen molar-refractivity contribution in [2.45, 2.75) is 32.2 Å². The van der Waals surface area contributed by atoms with Crippen molar-refractivity contribution in [3.63, 3.8) is 0 Å². The number of anilines is 2. The molecule has 0 atom stereocenters. The van der Waals surface area contributed by atoms with E-state index in [-0.39, 0.29) is 23.2 Å². The average Bonchev–Trinajstić information content (AvgIpc) is 3.18. The van der Waals surface area contributed by atoms with E-state index in [1.807, 2.05) is 6.92 Å². The Morgan fingerprint density at radius 2 is 2.15 bits per heavy atom. The molecule has 0 bridgehead atoms. The van der Waals surface area contributed by atoms with Crippen molar-refractivity contribution < 1.29 is 14.3 Å². The molecule has 1 aliphatic carbocycles. The maximum Gasteiger partial charge on any atom is 0.343 e. The zero-order chi connectivity index (χ0) is 14.7. The van der Waals surface area contributed by atoms with Crippen LogP contribution >= 0.6 is 11.3 Å². The van der Waals surface area contributed by atoms with Crippen LogP contribution in [-0.4, -0.2) is 31.6 Å². The van der Waals surface area contributed by atoms with Gasteiger partial charge in [-0.25, -0.2) is 4.79 Å². The molecular formula is C13H19N3O3S. The molecule has 1 heterocycles. The van der Waals surface area contributed by atoms with Crippen LogP contribution in [0.2, 0.25) is 0 Å². The van der Waals surface area contributed by atoms with Gasteiger partial charge in [0.2, 0.25) is 0 Å². The van der Waals surface area contributed by atoms with Gasteiger partial charge in [-0.2, -0.15) is 0 Å². The first-order valence-corrected chi connectivity index (χ1v) is 7.45. The summed E-state index contributed by atoms with van der Waals surface area (Å²) in [5, 5.41) is 6.59. The Bertz CT molecular complexity index is 523. The van der Waals surface area contributed by atoms with E-state index in [9.17, 15) is 9.59 Å². The zero-order valence-corrected chi connectivity index (χ0v) is 12.4. The normalized spacial score (nSPS) is 13.9. The lowest BCUT2D eigenvalue weighted by atomic mass is 10.2. The van der Waals surface area contributed by atoms with Gasteiger partial charge in [0, 0.05) is 12.6 Å². The highest BCUT2D eigenvalue weighted by Crippen LogP contribution is 2.36. The molecule has 0 aliphatic heterocycles. The number of carbonyl (C=O) groups excluding carboxylic acids is 2. The highest BCUT2D eigenvalue weighted by molar-refractivity contribution is 7.19. The molecule has 0 saturated heterocycles. The van der Waals surface area contributed by atoms with Crippen molar-refractivity contribution in [3.8, 4) is 0 Å². The van der Waals surface area contributed by atoms with Gasteiger partial charge in [0.25, 0.3) is 5.91 Å². The van der Waals surface area contributed by atoms with E-state index in [2.05, 4.69) is 10.6 Å². The number of thiophene rings is 1. The lowest BCUT2D eigenvalue weighted by Crippen LogP contribution is -2.25. The van der Waals surface area contributed by atoms with Gasteiger partial charge in [0.1, 0.15) is 15.4 Å². The third-order valence-corrected chi connectivity index (χ3v) is 4.15. The van der Waals surface area contributed by atoms with Crippen molar-refractivity contribution >= 4 is 33.9 Å². The first-order valence-electron chi connectivity index (χ1n) is 6.63. The summed E-state index contributed by atoms with van der Waals surface area (Å²) in [6.45, 7) is 2.72. The number of nitrogen functional groups attached to an aromatic ring is 1. The van der Waals surface area contributed by atoms with E-state index >= 15 is 0 Å². The summed E-state index contributed by atoms with van der Waals surface area (Å²) < 4.78 is 4.74. The van der Waals surface area contributed by atoms with Crippen LogP contribution in [0.25, 0.3) is 0 Å². The number of ether oxygens (including phenoxy) is 1. The number of methoxy groups -OCH3 is 1. The maximum absolute atomic E-state index is 12.1. The van der Waals surface area contributed by atoms with Crippen LogP contribution in [-0.2, 0) is 4.74 Å². The SMILES string of the molecule is CCCNc1sc(C(=O)NC2CC2)c(N)c1C(=O)OC. The number of hydrogen-bond acceptors (Lipinski definition) is 6. The van der Waals surface area contributed by atoms with Gasteiger partial charge in [-0.1, -0.05) is 6.92 Å². The predicted octanol–water partition coefficient (Wildman–Crippen LogP) is 1.83. The smallest absolute Gasteiger partial charge is 0.343 e. The maximum atomic E-state index is 12.1. The Hall–Kier alpha value is -1.76. The minimum atomic E-state index is -0.525. The van der Waals surface area contributed by atoms with Gasteiger partial charge < -0.3 is 21.1 Å². The summed E-state index contributed by atoms with van der Waals surface area (Å²) in [6, 6.07) is 0.248. The van der Waals surface area contributed by atoms with E-state index in [1.54, 1.807) is 0 Å². The van der Waals surface area contributed by atoms with E-state index in [4.69, 9.17) is 10.5 Å². The molecule has 0 unspecified atom stereocenters. The van der Waals surface area contributed by atoms with Crippen LogP contribution in [0, 0.1) is 0 Å². The number of rotatable bonds is 6. The van der Waals surface area contributed by atoms with E-state index < -0.39 is 5.97 Å². The van der Waals surface area contributed by atoms with E-state index in [1.165, 1.54) is 18.4 Å². The van der Waals surface area contributed by atoms with Crippen molar-refractivity contribution in [2.24, 2.45) is 0 Å². The fraction of sp³-hybridized carbons (Fsp3) is 0.538. The Morgan fingerprint density at radius 3 is 2.70 bits per heavy atom. The fourth-order valence-electron chi connectivity index (χ4n) is 1.76. The Balaban J connectivity index is 2.29. The summed E-state index contributed by atoms with van der Waals surface area (Å²) in [5.41, 5.74) is 6.41. The first-order chi connectivity index (χ1) is 9.58. The summed E-state index contributed by atoms with van der Waals surface area (Å²) in [5.74, 6) is -0.743. The summed E-state index contributed by atoms with van der Waals surface area (Å²) in [7, 11) is 1.30. The molecule has 0 radical (unpaired) electrons. The largest absolute Gasteiger partial charge is 0.465 e. The number of esters is 1. The second-order valence-corrected chi connectivity index (χ2v) is 5.74. The van der Waals surface area contributed by atoms with Crippen LogP contribution in [0.4, 0.5) is 10.7 Å². The topological polar surface area (TPSA) is 93.5 Å². The molecule has 1 saturated carbocycles. The van der Waals surface area contributed by atoms with Crippen molar-refractivity contribution in [3.05, 3.63) is 10.4 Å². The van der Waals surface area contributed by atoms with Gasteiger partial charge in [-0.15, -0.1) is 11.3 Å². The van der Waals surface area contributed by atoms with Crippen molar-refractivity contribution in [1.82, 2.24) is 5.32 Å². The van der Waals surface area contributed by atoms with Crippen LogP contribution in [0.5, 0.6) is 0 Å². The third kappa shape index (κ3) is 3.04. The van der Waals surface area contributed by atoms with Gasteiger partial charge in [0.05, 0.1) is 12.8 Å². The fourth-order valence-corrected chi connectivity index (χ4v) is 2.80. The molecule has 1 amide bonds. The van der Waals surface area contributed by atoms with Gasteiger partial charge >= 0.3 is 5.97 Å². The quantitative estimate of drug-likeness (QED) is 0.697. The third-order valence-electron chi connectivity index (χ3n) is 2.99. The number of nitrogens with two attached hydrogens (primary N) is 1. The second-order valence-electron chi connectivity index (χ2n) is 4.72. The first kappa shape index (κ1) is 14.6. The van der Waals surface area contributed by atoms with Gasteiger partial charge in [0.15, 0.2) is 0 Å². The molecule has 6 nitrogen and oxygen atoms in total. The number of carbonyl (C=O) groups is 2. The predicted molar refractivity (Wildman–Crippen MR) is 79.3 cm³/mol. The lowest BCUT2D eigenvalue weighted by molar-refractivity contribution is 0.0603. The molecule has 20 heavy (non-hydrogen) atoms. The van der Waals surface area contributed by atoms with Crippen LogP contribution in [0.1, 0.15) is 46.2 Å². The Labute approximate surface area is 121 Å². The minimum absolute atomic E-state index is 0.193. The molecule has 1 aromatic rings. The number of amides is 1. The monoisotopic (exact) mass is 297 g/mol. The van der Waals surface area contributed by atoms with Crippen LogP contribution < -0.4 is 16.4 Å². The highest BCUT2D eigenvalue weighted by atomic mass is 32.1. The zero-order valence-electron chi connectivity index (χ0n) is 11.6. The molecule has 1 aromatic heterocycles. The molecular weight excluding hydrogens is 278 g/mol. The molecule has 2 rings (SSSR count). The summed E-state index contributed by atoms with van der Waals surface area (Å²) in [6.07, 6.45) is 2.91. The Kier molecular flexibility index (Phi) is 4.49. The second kappa shape index (κ2) is 6.13. The lowest BCUT2D eigenvalue weighted by Gasteiger charge is -2.05. The molecule has 1 aliphatic rings. The minimum Gasteiger partial charge on any atom is -0.465 e. The van der Waals surface area contributed by atoms with Crippen LogP contribution in [0.3, 0.4) is 0 Å². The van der Waals surface area contributed by atoms with Crippen molar-refractivity contribution in [2.75, 3.05) is 24.7 Å². The molecule has 0 aromatic carbocycles. The summed E-state index contributed by atoms with van der Waals surface area (Å²) in [4.78, 5) is 24.3. The average molecular weight is 297 g/mol.